The first kappa shape index (κ1) is 20.8. The zero-order valence-corrected chi connectivity index (χ0v) is 17.1. The van der Waals surface area contributed by atoms with Gasteiger partial charge in [-0.15, -0.1) is 11.3 Å². The summed E-state index contributed by atoms with van der Waals surface area (Å²) in [5.41, 5.74) is 1.87. The van der Waals surface area contributed by atoms with Gasteiger partial charge in [0.25, 0.3) is 5.91 Å². The molecule has 0 aliphatic carbocycles. The van der Waals surface area contributed by atoms with Crippen LogP contribution in [0.2, 0.25) is 0 Å². The van der Waals surface area contributed by atoms with E-state index in [0.717, 1.165) is 15.8 Å². The highest BCUT2D eigenvalue weighted by Gasteiger charge is 2.29. The molecule has 4 aromatic rings. The van der Waals surface area contributed by atoms with Crippen LogP contribution in [0.15, 0.2) is 60.5 Å². The molecule has 160 valence electrons. The number of thiazole rings is 1. The first-order chi connectivity index (χ1) is 14.8. The van der Waals surface area contributed by atoms with Gasteiger partial charge in [0.1, 0.15) is 23.1 Å². The maximum atomic E-state index is 12.7. The standard InChI is InChI=1S/C20H17F3N6OS/c1-27(11-17-24-7-8-28(17)13-20(21,22)23)19(30)16-12-31-18(26-16)14-9-25-29(10-14)15-5-3-2-4-6-15/h2-10,12H,11,13H2,1H3. The van der Waals surface area contributed by atoms with Gasteiger partial charge in [-0.25, -0.2) is 14.6 Å². The highest BCUT2D eigenvalue weighted by atomic mass is 32.1. The monoisotopic (exact) mass is 446 g/mol. The highest BCUT2D eigenvalue weighted by Crippen LogP contribution is 2.25. The van der Waals surface area contributed by atoms with Crippen molar-refractivity contribution in [2.24, 2.45) is 0 Å². The number of imidazole rings is 1. The highest BCUT2D eigenvalue weighted by molar-refractivity contribution is 7.13. The molecule has 0 aliphatic heterocycles. The minimum Gasteiger partial charge on any atom is -0.333 e. The number of hydrogen-bond donors (Lipinski definition) is 0. The molecule has 0 spiro atoms. The molecule has 1 aromatic carbocycles. The maximum absolute atomic E-state index is 12.7. The Kier molecular flexibility index (Phi) is 5.59. The van der Waals surface area contributed by atoms with E-state index in [1.54, 1.807) is 16.3 Å². The van der Waals surface area contributed by atoms with Crippen LogP contribution in [0.1, 0.15) is 16.3 Å². The summed E-state index contributed by atoms with van der Waals surface area (Å²) in [5.74, 6) is -0.257. The molecule has 1 amide bonds. The number of hydrogen-bond acceptors (Lipinski definition) is 5. The summed E-state index contributed by atoms with van der Waals surface area (Å²) in [6.07, 6.45) is 1.64. The Hall–Kier alpha value is -3.47. The zero-order chi connectivity index (χ0) is 22.0. The first-order valence-corrected chi connectivity index (χ1v) is 10.1. The molecule has 4 rings (SSSR count). The molecule has 0 saturated carbocycles. The molecule has 7 nitrogen and oxygen atoms in total. The van der Waals surface area contributed by atoms with Gasteiger partial charge in [-0.2, -0.15) is 18.3 Å². The second-order valence-electron chi connectivity index (χ2n) is 6.79. The fourth-order valence-electron chi connectivity index (χ4n) is 2.97. The quantitative estimate of drug-likeness (QED) is 0.449. The molecular weight excluding hydrogens is 429 g/mol. The number of alkyl halides is 3. The number of amides is 1. The third kappa shape index (κ3) is 4.82. The second kappa shape index (κ2) is 8.34. The van der Waals surface area contributed by atoms with Crippen LogP contribution < -0.4 is 0 Å². The number of halogens is 3. The van der Waals surface area contributed by atoms with Crippen molar-refractivity contribution in [2.75, 3.05) is 7.05 Å². The van der Waals surface area contributed by atoms with E-state index in [9.17, 15) is 18.0 Å². The normalized spacial score (nSPS) is 11.6. The average Bonchev–Trinajstić information content (AvgIpc) is 3.48. The van der Waals surface area contributed by atoms with Crippen molar-refractivity contribution in [3.63, 3.8) is 0 Å². The fraction of sp³-hybridized carbons (Fsp3) is 0.200. The number of para-hydroxylation sites is 1. The van der Waals surface area contributed by atoms with Crippen LogP contribution in [0.3, 0.4) is 0 Å². The summed E-state index contributed by atoms with van der Waals surface area (Å²) < 4.78 is 40.8. The summed E-state index contributed by atoms with van der Waals surface area (Å²) in [6.45, 7) is -1.22. The molecule has 3 heterocycles. The van der Waals surface area contributed by atoms with Gasteiger partial charge in [0, 0.05) is 36.6 Å². The summed E-state index contributed by atoms with van der Waals surface area (Å²) in [5, 5.41) is 6.57. The lowest BCUT2D eigenvalue weighted by molar-refractivity contribution is -0.141. The van der Waals surface area contributed by atoms with Gasteiger partial charge < -0.3 is 9.47 Å². The van der Waals surface area contributed by atoms with Crippen LogP contribution >= 0.6 is 11.3 Å². The van der Waals surface area contributed by atoms with Crippen LogP contribution in [0.5, 0.6) is 0 Å². The van der Waals surface area contributed by atoms with Crippen molar-refractivity contribution in [3.05, 3.63) is 72.0 Å². The predicted octanol–water partition coefficient (Wildman–Crippen LogP) is 4.03. The average molecular weight is 446 g/mol. The van der Waals surface area contributed by atoms with E-state index in [4.69, 9.17) is 0 Å². The Morgan fingerprint density at radius 1 is 1.23 bits per heavy atom. The Bertz CT molecular complexity index is 1180. The van der Waals surface area contributed by atoms with Crippen LogP contribution in [0.25, 0.3) is 16.3 Å². The molecule has 0 radical (unpaired) electrons. The molecule has 31 heavy (non-hydrogen) atoms. The fourth-order valence-corrected chi connectivity index (χ4v) is 3.74. The Morgan fingerprint density at radius 2 is 2.00 bits per heavy atom. The SMILES string of the molecule is CN(Cc1nccn1CC(F)(F)F)C(=O)c1csc(-c2cnn(-c3ccccc3)c2)n1. The van der Waals surface area contributed by atoms with Gasteiger partial charge in [-0.1, -0.05) is 18.2 Å². The summed E-state index contributed by atoms with van der Waals surface area (Å²) in [4.78, 5) is 22.3. The lowest BCUT2D eigenvalue weighted by Crippen LogP contribution is -2.29. The van der Waals surface area contributed by atoms with Crippen molar-refractivity contribution < 1.29 is 18.0 Å². The Morgan fingerprint density at radius 3 is 2.74 bits per heavy atom. The number of carbonyl (C=O) groups is 1. The van der Waals surface area contributed by atoms with Gasteiger partial charge in [0.05, 0.1) is 18.4 Å². The summed E-state index contributed by atoms with van der Waals surface area (Å²) >= 11 is 1.29. The van der Waals surface area contributed by atoms with Crippen LogP contribution in [-0.4, -0.2) is 48.3 Å². The minimum absolute atomic E-state index is 0.0687. The van der Waals surface area contributed by atoms with Gasteiger partial charge in [0.2, 0.25) is 0 Å². The molecule has 0 aliphatic rings. The molecule has 3 aromatic heterocycles. The molecule has 0 unspecified atom stereocenters. The smallest absolute Gasteiger partial charge is 0.333 e. The van der Waals surface area contributed by atoms with Crippen molar-refractivity contribution in [1.29, 1.82) is 0 Å². The van der Waals surface area contributed by atoms with E-state index in [0.29, 0.717) is 5.01 Å². The van der Waals surface area contributed by atoms with Gasteiger partial charge in [0.15, 0.2) is 0 Å². The summed E-state index contributed by atoms with van der Waals surface area (Å²) in [7, 11) is 1.50. The molecule has 0 atom stereocenters. The van der Waals surface area contributed by atoms with Crippen molar-refractivity contribution in [1.82, 2.24) is 29.2 Å². The zero-order valence-electron chi connectivity index (χ0n) is 16.3. The lowest BCUT2D eigenvalue weighted by atomic mass is 10.3. The van der Waals surface area contributed by atoms with Crippen molar-refractivity contribution in [2.45, 2.75) is 19.3 Å². The van der Waals surface area contributed by atoms with E-state index >= 15 is 0 Å². The number of aromatic nitrogens is 5. The molecule has 0 fully saturated rings. The topological polar surface area (TPSA) is 68.8 Å². The Balaban J connectivity index is 1.46. The second-order valence-corrected chi connectivity index (χ2v) is 7.65. The van der Waals surface area contributed by atoms with Crippen LogP contribution in [0.4, 0.5) is 13.2 Å². The van der Waals surface area contributed by atoms with E-state index in [1.165, 1.54) is 35.7 Å². The minimum atomic E-state index is -4.37. The first-order valence-electron chi connectivity index (χ1n) is 9.18. The van der Waals surface area contributed by atoms with Crippen molar-refractivity contribution in [3.8, 4) is 16.3 Å². The van der Waals surface area contributed by atoms with E-state index in [2.05, 4.69) is 15.1 Å². The van der Waals surface area contributed by atoms with Crippen LogP contribution in [-0.2, 0) is 13.1 Å². The number of rotatable bonds is 6. The van der Waals surface area contributed by atoms with Gasteiger partial charge >= 0.3 is 6.18 Å². The Labute approximate surface area is 179 Å². The molecule has 0 bridgehead atoms. The third-order valence-electron chi connectivity index (χ3n) is 4.45. The lowest BCUT2D eigenvalue weighted by Gasteiger charge is -2.17. The van der Waals surface area contributed by atoms with Crippen LogP contribution in [0, 0.1) is 0 Å². The van der Waals surface area contributed by atoms with E-state index in [-0.39, 0.29) is 18.1 Å². The molecule has 0 N–H and O–H groups in total. The molecular formula is C20H17F3N6OS. The predicted molar refractivity (Wildman–Crippen MR) is 109 cm³/mol. The molecule has 0 saturated heterocycles. The summed E-state index contributed by atoms with van der Waals surface area (Å²) in [6, 6.07) is 9.58. The van der Waals surface area contributed by atoms with Crippen molar-refractivity contribution >= 4 is 17.2 Å². The third-order valence-corrected chi connectivity index (χ3v) is 5.34. The van der Waals surface area contributed by atoms with Gasteiger partial charge in [-0.05, 0) is 12.1 Å². The van der Waals surface area contributed by atoms with Gasteiger partial charge in [-0.3, -0.25) is 4.79 Å². The van der Waals surface area contributed by atoms with E-state index < -0.39 is 18.6 Å². The number of nitrogens with zero attached hydrogens (tertiary/aromatic N) is 6. The largest absolute Gasteiger partial charge is 0.406 e. The number of carbonyl (C=O) groups excluding carboxylic acids is 1. The van der Waals surface area contributed by atoms with E-state index in [1.807, 2.05) is 36.5 Å². The number of benzene rings is 1. The maximum Gasteiger partial charge on any atom is 0.406 e. The molecule has 11 heteroatoms.